The Balaban J connectivity index is 0.00000144. The highest BCUT2D eigenvalue weighted by molar-refractivity contribution is 5.85. The Bertz CT molecular complexity index is 383. The van der Waals surface area contributed by atoms with Gasteiger partial charge in [0.25, 0.3) is 0 Å². The topological polar surface area (TPSA) is 32.3 Å². The second kappa shape index (κ2) is 5.34. The lowest BCUT2D eigenvalue weighted by Crippen LogP contribution is -2.40. The quantitative estimate of drug-likeness (QED) is 0.856. The van der Waals surface area contributed by atoms with Gasteiger partial charge in [0, 0.05) is 11.6 Å². The van der Waals surface area contributed by atoms with E-state index in [1.165, 1.54) is 12.1 Å². The molecule has 1 fully saturated rings. The first-order valence-electron chi connectivity index (χ1n) is 5.69. The van der Waals surface area contributed by atoms with Crippen LogP contribution in [0.5, 0.6) is 0 Å². The molecule has 1 aliphatic rings. The van der Waals surface area contributed by atoms with Crippen molar-refractivity contribution in [1.29, 1.82) is 0 Å². The third kappa shape index (κ3) is 3.41. The highest BCUT2D eigenvalue weighted by Gasteiger charge is 2.34. The Kier molecular flexibility index (Phi) is 4.53. The van der Waals surface area contributed by atoms with Gasteiger partial charge in [0.2, 0.25) is 0 Å². The van der Waals surface area contributed by atoms with Crippen LogP contribution in [0.2, 0.25) is 0 Å². The van der Waals surface area contributed by atoms with E-state index in [0.717, 1.165) is 12.8 Å². The molecule has 0 bridgehead atoms. The standard InChI is InChI=1S/C13H18FNO.ClH/c1-13(2)7-6-11(15-13)12(16)9-4-3-5-10(14)8-9;/h3-5,8,11-12,15-16H,6-7H2,1-2H3;1H/t11-,12?;/m0./s1. The molecule has 1 aromatic carbocycles. The molecule has 0 aromatic heterocycles. The summed E-state index contributed by atoms with van der Waals surface area (Å²) in [6.45, 7) is 4.23. The van der Waals surface area contributed by atoms with Crippen molar-refractivity contribution in [3.05, 3.63) is 35.6 Å². The lowest BCUT2D eigenvalue weighted by molar-refractivity contribution is 0.131. The Morgan fingerprint density at radius 2 is 2.18 bits per heavy atom. The molecule has 0 spiro atoms. The maximum Gasteiger partial charge on any atom is 0.123 e. The molecule has 2 rings (SSSR count). The zero-order valence-electron chi connectivity index (χ0n) is 10.1. The van der Waals surface area contributed by atoms with Gasteiger partial charge in [-0.05, 0) is 44.4 Å². The van der Waals surface area contributed by atoms with Crippen molar-refractivity contribution in [3.8, 4) is 0 Å². The van der Waals surface area contributed by atoms with Crippen molar-refractivity contribution in [1.82, 2.24) is 5.32 Å². The van der Waals surface area contributed by atoms with Gasteiger partial charge in [-0.2, -0.15) is 0 Å². The summed E-state index contributed by atoms with van der Waals surface area (Å²) in [6, 6.07) is 6.21. The molecule has 1 unspecified atom stereocenters. The number of benzene rings is 1. The third-order valence-electron chi connectivity index (χ3n) is 3.23. The largest absolute Gasteiger partial charge is 0.387 e. The van der Waals surface area contributed by atoms with E-state index in [-0.39, 0.29) is 29.8 Å². The fourth-order valence-corrected chi connectivity index (χ4v) is 2.32. The highest BCUT2D eigenvalue weighted by atomic mass is 35.5. The number of nitrogens with one attached hydrogen (secondary N) is 1. The van der Waals surface area contributed by atoms with Crippen LogP contribution in [-0.4, -0.2) is 16.7 Å². The van der Waals surface area contributed by atoms with Crippen LogP contribution in [0, 0.1) is 5.82 Å². The van der Waals surface area contributed by atoms with Gasteiger partial charge in [-0.15, -0.1) is 12.4 Å². The Labute approximate surface area is 108 Å². The minimum absolute atomic E-state index is 0. The van der Waals surface area contributed by atoms with Crippen molar-refractivity contribution in [2.75, 3.05) is 0 Å². The molecule has 1 saturated heterocycles. The molecular weight excluding hydrogens is 241 g/mol. The number of hydrogen-bond donors (Lipinski definition) is 2. The molecule has 0 radical (unpaired) electrons. The summed E-state index contributed by atoms with van der Waals surface area (Å²) < 4.78 is 13.0. The molecule has 0 saturated carbocycles. The summed E-state index contributed by atoms with van der Waals surface area (Å²) in [7, 11) is 0. The maximum atomic E-state index is 13.0. The van der Waals surface area contributed by atoms with Crippen LogP contribution in [0.4, 0.5) is 4.39 Å². The van der Waals surface area contributed by atoms with Crippen molar-refractivity contribution in [3.63, 3.8) is 0 Å². The summed E-state index contributed by atoms with van der Waals surface area (Å²) in [4.78, 5) is 0. The molecule has 1 heterocycles. The van der Waals surface area contributed by atoms with E-state index in [1.54, 1.807) is 12.1 Å². The van der Waals surface area contributed by atoms with Crippen LogP contribution in [0.3, 0.4) is 0 Å². The van der Waals surface area contributed by atoms with Gasteiger partial charge in [0.15, 0.2) is 0 Å². The van der Waals surface area contributed by atoms with Crippen molar-refractivity contribution < 1.29 is 9.50 Å². The molecule has 96 valence electrons. The van der Waals surface area contributed by atoms with Crippen LogP contribution in [0.25, 0.3) is 0 Å². The van der Waals surface area contributed by atoms with Crippen molar-refractivity contribution in [2.45, 2.75) is 44.4 Å². The molecule has 2 atom stereocenters. The molecule has 0 amide bonds. The fraction of sp³-hybridized carbons (Fsp3) is 0.538. The summed E-state index contributed by atoms with van der Waals surface area (Å²) in [5, 5.41) is 13.5. The van der Waals surface area contributed by atoms with E-state index < -0.39 is 6.10 Å². The Morgan fingerprint density at radius 1 is 1.47 bits per heavy atom. The number of aliphatic hydroxyl groups excluding tert-OH is 1. The monoisotopic (exact) mass is 259 g/mol. The average Bonchev–Trinajstić information content (AvgIpc) is 2.58. The molecule has 4 heteroatoms. The summed E-state index contributed by atoms with van der Waals surface area (Å²) >= 11 is 0. The van der Waals surface area contributed by atoms with E-state index in [1.807, 2.05) is 0 Å². The van der Waals surface area contributed by atoms with Gasteiger partial charge in [0.05, 0.1) is 6.10 Å². The van der Waals surface area contributed by atoms with Crippen molar-refractivity contribution >= 4 is 12.4 Å². The Morgan fingerprint density at radius 3 is 2.71 bits per heavy atom. The second-order valence-electron chi connectivity index (χ2n) is 5.17. The first-order chi connectivity index (χ1) is 7.48. The van der Waals surface area contributed by atoms with Crippen molar-refractivity contribution in [2.24, 2.45) is 0 Å². The number of aliphatic hydroxyl groups is 1. The van der Waals surface area contributed by atoms with Crippen LogP contribution in [0.1, 0.15) is 38.4 Å². The van der Waals surface area contributed by atoms with Gasteiger partial charge in [0.1, 0.15) is 5.82 Å². The predicted molar refractivity (Wildman–Crippen MR) is 68.8 cm³/mol. The summed E-state index contributed by atoms with van der Waals surface area (Å²) in [5.41, 5.74) is 0.717. The lowest BCUT2D eigenvalue weighted by atomic mass is 10.00. The number of halogens is 2. The zero-order chi connectivity index (χ0) is 11.8. The van der Waals surface area contributed by atoms with Gasteiger partial charge < -0.3 is 10.4 Å². The Hall–Kier alpha value is -0.640. The smallest absolute Gasteiger partial charge is 0.123 e. The van der Waals surface area contributed by atoms with Crippen LogP contribution in [-0.2, 0) is 0 Å². The molecule has 1 aromatic rings. The molecule has 2 nitrogen and oxygen atoms in total. The van der Waals surface area contributed by atoms with E-state index in [0.29, 0.717) is 5.56 Å². The van der Waals surface area contributed by atoms with Crippen LogP contribution >= 0.6 is 12.4 Å². The lowest BCUT2D eigenvalue weighted by Gasteiger charge is -2.23. The molecule has 17 heavy (non-hydrogen) atoms. The van der Waals surface area contributed by atoms with Gasteiger partial charge in [-0.25, -0.2) is 4.39 Å². The maximum absolute atomic E-state index is 13.0. The average molecular weight is 260 g/mol. The molecule has 2 N–H and O–H groups in total. The summed E-state index contributed by atoms with van der Waals surface area (Å²) in [5.74, 6) is -0.297. The van der Waals surface area contributed by atoms with E-state index >= 15 is 0 Å². The predicted octanol–water partition coefficient (Wildman–Crippen LogP) is 2.81. The van der Waals surface area contributed by atoms with Crippen LogP contribution in [0.15, 0.2) is 24.3 Å². The van der Waals surface area contributed by atoms with E-state index in [2.05, 4.69) is 19.2 Å². The first kappa shape index (κ1) is 14.4. The first-order valence-corrected chi connectivity index (χ1v) is 5.69. The van der Waals surface area contributed by atoms with E-state index in [9.17, 15) is 9.50 Å². The molecular formula is C13H19ClFNO. The second-order valence-corrected chi connectivity index (χ2v) is 5.17. The zero-order valence-corrected chi connectivity index (χ0v) is 10.9. The minimum atomic E-state index is -0.627. The van der Waals surface area contributed by atoms with Gasteiger partial charge in [-0.3, -0.25) is 0 Å². The highest BCUT2D eigenvalue weighted by Crippen LogP contribution is 2.30. The van der Waals surface area contributed by atoms with E-state index in [4.69, 9.17) is 0 Å². The number of hydrogen-bond acceptors (Lipinski definition) is 2. The van der Waals surface area contributed by atoms with Gasteiger partial charge >= 0.3 is 0 Å². The SMILES string of the molecule is CC1(C)CC[C@@H](C(O)c2cccc(F)c2)N1.Cl. The molecule has 1 aliphatic heterocycles. The minimum Gasteiger partial charge on any atom is -0.387 e. The summed E-state index contributed by atoms with van der Waals surface area (Å²) in [6.07, 6.45) is 1.33. The fourth-order valence-electron chi connectivity index (χ4n) is 2.32. The number of rotatable bonds is 2. The van der Waals surface area contributed by atoms with Crippen LogP contribution < -0.4 is 5.32 Å². The normalized spacial score (nSPS) is 24.1. The third-order valence-corrected chi connectivity index (χ3v) is 3.23. The van der Waals surface area contributed by atoms with Gasteiger partial charge in [-0.1, -0.05) is 12.1 Å². The molecule has 0 aliphatic carbocycles.